The first kappa shape index (κ1) is 25.1. The Morgan fingerprint density at radius 3 is 2.61 bits per heavy atom. The Morgan fingerprint density at radius 2 is 1.89 bits per heavy atom. The topological polar surface area (TPSA) is 101 Å². The van der Waals surface area contributed by atoms with Crippen LogP contribution in [-0.4, -0.2) is 49.2 Å². The highest BCUT2D eigenvalue weighted by atomic mass is 16.6. The lowest BCUT2D eigenvalue weighted by Gasteiger charge is -2.28. The molecule has 9 nitrogen and oxygen atoms in total. The van der Waals surface area contributed by atoms with Crippen molar-refractivity contribution in [2.75, 3.05) is 30.9 Å². The van der Waals surface area contributed by atoms with Crippen molar-refractivity contribution in [2.24, 2.45) is 0 Å². The number of carbonyl (C=O) groups excluding carboxylic acids is 2. The molecule has 36 heavy (non-hydrogen) atoms. The SMILES string of the molecule is COc1ccc(N(C)c2cc(=O)oc3ccccc23)cc1NC(=O)[C@@H]1CCCN1C(=O)OC(C)(C)C. The van der Waals surface area contributed by atoms with Gasteiger partial charge in [0, 0.05) is 30.7 Å². The number of likely N-dealkylation sites (tertiary alicyclic amines) is 1. The van der Waals surface area contributed by atoms with E-state index in [1.165, 1.54) is 18.1 Å². The Hall–Kier alpha value is -4.01. The average Bonchev–Trinajstić information content (AvgIpc) is 3.32. The third-order valence-corrected chi connectivity index (χ3v) is 6.00. The Kier molecular flexibility index (Phi) is 6.92. The Bertz CT molecular complexity index is 1340. The number of ether oxygens (including phenoxy) is 2. The van der Waals surface area contributed by atoms with E-state index in [0.717, 1.165) is 11.1 Å². The van der Waals surface area contributed by atoms with Gasteiger partial charge < -0.3 is 24.1 Å². The smallest absolute Gasteiger partial charge is 0.410 e. The van der Waals surface area contributed by atoms with Crippen LogP contribution in [0.1, 0.15) is 33.6 Å². The van der Waals surface area contributed by atoms with Crippen LogP contribution in [0.5, 0.6) is 5.75 Å². The molecule has 1 N–H and O–H groups in total. The number of hydrogen-bond acceptors (Lipinski definition) is 7. The molecule has 0 bridgehead atoms. The van der Waals surface area contributed by atoms with Gasteiger partial charge in [-0.1, -0.05) is 12.1 Å². The lowest BCUT2D eigenvalue weighted by molar-refractivity contribution is -0.120. The Balaban J connectivity index is 1.61. The lowest BCUT2D eigenvalue weighted by atomic mass is 10.1. The third-order valence-electron chi connectivity index (χ3n) is 6.00. The summed E-state index contributed by atoms with van der Waals surface area (Å²) in [7, 11) is 3.35. The first-order valence-corrected chi connectivity index (χ1v) is 11.8. The second-order valence-corrected chi connectivity index (χ2v) is 9.71. The van der Waals surface area contributed by atoms with Gasteiger partial charge >= 0.3 is 11.7 Å². The van der Waals surface area contributed by atoms with Crippen LogP contribution < -0.4 is 20.6 Å². The number of anilines is 3. The molecule has 0 unspecified atom stereocenters. The quantitative estimate of drug-likeness (QED) is 0.504. The molecule has 9 heteroatoms. The largest absolute Gasteiger partial charge is 0.495 e. The Morgan fingerprint density at radius 1 is 1.14 bits per heavy atom. The van der Waals surface area contributed by atoms with Crippen molar-refractivity contribution in [2.45, 2.75) is 45.3 Å². The predicted octanol–water partition coefficient (Wildman–Crippen LogP) is 4.91. The first-order chi connectivity index (χ1) is 17.1. The molecule has 0 spiro atoms. The summed E-state index contributed by atoms with van der Waals surface area (Å²) >= 11 is 0. The normalized spacial score (nSPS) is 15.6. The van der Waals surface area contributed by atoms with Crippen LogP contribution in [0, 0.1) is 0 Å². The minimum atomic E-state index is -0.651. The van der Waals surface area contributed by atoms with Crippen molar-refractivity contribution in [3.05, 3.63) is 59.0 Å². The summed E-state index contributed by atoms with van der Waals surface area (Å²) in [6.07, 6.45) is 0.745. The standard InChI is InChI=1S/C27H31N3O6/c1-27(2,3)36-26(33)30-14-8-10-20(30)25(32)28-19-15-17(12-13-23(19)34-5)29(4)21-16-24(31)35-22-11-7-6-9-18(21)22/h6-7,9,11-13,15-16,20H,8,10,14H2,1-5H3,(H,28,32)/t20-/m0/s1. The van der Waals surface area contributed by atoms with E-state index in [1.807, 2.05) is 30.1 Å². The number of methoxy groups -OCH3 is 1. The van der Waals surface area contributed by atoms with Gasteiger partial charge in [0.1, 0.15) is 23.0 Å². The molecule has 0 radical (unpaired) electrons. The molecule has 1 atom stereocenters. The number of nitrogens with zero attached hydrogens (tertiary/aromatic N) is 2. The second kappa shape index (κ2) is 9.93. The summed E-state index contributed by atoms with van der Waals surface area (Å²) in [6, 6.07) is 13.4. The van der Waals surface area contributed by atoms with Crippen LogP contribution in [0.25, 0.3) is 11.0 Å². The van der Waals surface area contributed by atoms with Crippen LogP contribution >= 0.6 is 0 Å². The summed E-state index contributed by atoms with van der Waals surface area (Å²) in [4.78, 5) is 41.4. The maximum absolute atomic E-state index is 13.3. The summed E-state index contributed by atoms with van der Waals surface area (Å²) in [5.41, 5.74) is 1.21. The minimum Gasteiger partial charge on any atom is -0.495 e. The van der Waals surface area contributed by atoms with Gasteiger partial charge in [0.25, 0.3) is 0 Å². The van der Waals surface area contributed by atoms with Crippen LogP contribution in [0.2, 0.25) is 0 Å². The zero-order valence-electron chi connectivity index (χ0n) is 21.2. The van der Waals surface area contributed by atoms with Crippen molar-refractivity contribution in [1.29, 1.82) is 0 Å². The van der Waals surface area contributed by atoms with Gasteiger partial charge in [-0.05, 0) is 63.9 Å². The monoisotopic (exact) mass is 493 g/mol. The fourth-order valence-corrected chi connectivity index (χ4v) is 4.31. The average molecular weight is 494 g/mol. The van der Waals surface area contributed by atoms with Crippen molar-refractivity contribution >= 4 is 40.0 Å². The number of fused-ring (bicyclic) bond motifs is 1. The zero-order chi connectivity index (χ0) is 26.0. The van der Waals surface area contributed by atoms with Crippen molar-refractivity contribution < 1.29 is 23.5 Å². The number of hydrogen-bond donors (Lipinski definition) is 1. The minimum absolute atomic E-state index is 0.317. The summed E-state index contributed by atoms with van der Waals surface area (Å²) in [5, 5.41) is 3.70. The second-order valence-electron chi connectivity index (χ2n) is 9.71. The van der Waals surface area contributed by atoms with Crippen molar-refractivity contribution in [1.82, 2.24) is 4.90 Å². The van der Waals surface area contributed by atoms with Gasteiger partial charge in [0.2, 0.25) is 5.91 Å². The van der Waals surface area contributed by atoms with E-state index in [-0.39, 0.29) is 5.91 Å². The molecule has 1 aliphatic rings. The lowest BCUT2D eigenvalue weighted by Crippen LogP contribution is -2.45. The Labute approximate surface area is 209 Å². The van der Waals surface area contributed by atoms with E-state index in [1.54, 1.807) is 45.0 Å². The van der Waals surface area contributed by atoms with Crippen LogP contribution in [0.3, 0.4) is 0 Å². The molecule has 1 fully saturated rings. The molecular weight excluding hydrogens is 462 g/mol. The third kappa shape index (κ3) is 5.30. The van der Waals surface area contributed by atoms with E-state index >= 15 is 0 Å². The molecule has 1 aromatic heterocycles. The van der Waals surface area contributed by atoms with Gasteiger partial charge in [-0.25, -0.2) is 9.59 Å². The number of rotatable bonds is 5. The number of carbonyl (C=O) groups is 2. The molecule has 2 heterocycles. The fourth-order valence-electron chi connectivity index (χ4n) is 4.31. The van der Waals surface area contributed by atoms with E-state index in [2.05, 4.69) is 5.32 Å². The van der Waals surface area contributed by atoms with Gasteiger partial charge in [-0.15, -0.1) is 0 Å². The predicted molar refractivity (Wildman–Crippen MR) is 138 cm³/mol. The number of nitrogens with one attached hydrogen (secondary N) is 1. The number of amides is 2. The molecule has 1 aliphatic heterocycles. The van der Waals surface area contributed by atoms with Crippen molar-refractivity contribution in [3.63, 3.8) is 0 Å². The van der Waals surface area contributed by atoms with Crippen LogP contribution in [0.4, 0.5) is 21.9 Å². The molecule has 2 amide bonds. The fraction of sp³-hybridized carbons (Fsp3) is 0.370. The first-order valence-electron chi connectivity index (χ1n) is 11.8. The van der Waals surface area contributed by atoms with E-state index in [0.29, 0.717) is 42.1 Å². The van der Waals surface area contributed by atoms with Gasteiger partial charge in [0.15, 0.2) is 0 Å². The molecule has 4 rings (SSSR count). The molecular formula is C27H31N3O6. The molecule has 190 valence electrons. The number of para-hydroxylation sites is 1. The highest BCUT2D eigenvalue weighted by Gasteiger charge is 2.37. The summed E-state index contributed by atoms with van der Waals surface area (Å²) in [5.74, 6) is 0.155. The maximum Gasteiger partial charge on any atom is 0.410 e. The van der Waals surface area contributed by atoms with Gasteiger partial charge in [-0.2, -0.15) is 0 Å². The molecule has 0 saturated carbocycles. The summed E-state index contributed by atoms with van der Waals surface area (Å²) in [6.45, 7) is 5.84. The molecule has 1 saturated heterocycles. The van der Waals surface area contributed by atoms with E-state index in [9.17, 15) is 14.4 Å². The van der Waals surface area contributed by atoms with Gasteiger partial charge in [0.05, 0.1) is 18.5 Å². The zero-order valence-corrected chi connectivity index (χ0v) is 21.2. The van der Waals surface area contributed by atoms with Gasteiger partial charge in [-0.3, -0.25) is 9.69 Å². The number of benzene rings is 2. The van der Waals surface area contributed by atoms with Crippen molar-refractivity contribution in [3.8, 4) is 5.75 Å². The molecule has 0 aliphatic carbocycles. The summed E-state index contributed by atoms with van der Waals surface area (Å²) < 4.78 is 16.3. The highest BCUT2D eigenvalue weighted by Crippen LogP contribution is 2.35. The molecule has 2 aromatic carbocycles. The van der Waals surface area contributed by atoms with Crippen LogP contribution in [0.15, 0.2) is 57.7 Å². The highest BCUT2D eigenvalue weighted by molar-refractivity contribution is 5.99. The molecule has 3 aromatic rings. The van der Waals surface area contributed by atoms with E-state index in [4.69, 9.17) is 13.9 Å². The maximum atomic E-state index is 13.3. The van der Waals surface area contributed by atoms with E-state index < -0.39 is 23.4 Å². The van der Waals surface area contributed by atoms with Crippen LogP contribution in [-0.2, 0) is 9.53 Å².